The highest BCUT2D eigenvalue weighted by Crippen LogP contribution is 2.40. The van der Waals surface area contributed by atoms with E-state index in [1.165, 1.54) is 17.4 Å². The lowest BCUT2D eigenvalue weighted by atomic mass is 9.87. The smallest absolute Gasteiger partial charge is 0.338 e. The first kappa shape index (κ1) is 32.4. The second-order valence-corrected chi connectivity index (χ2v) is 13.9. The molecular formula is C36H35ClFN5O4S. The summed E-state index contributed by atoms with van der Waals surface area (Å²) in [5.74, 6) is 0.0777. The molecule has 4 aromatic heterocycles. The van der Waals surface area contributed by atoms with E-state index in [0.29, 0.717) is 46.5 Å². The monoisotopic (exact) mass is 687 g/mol. The Morgan fingerprint density at radius 1 is 1.12 bits per heavy atom. The molecule has 12 heteroatoms. The van der Waals surface area contributed by atoms with E-state index >= 15 is 0 Å². The van der Waals surface area contributed by atoms with Crippen molar-refractivity contribution in [1.82, 2.24) is 24.4 Å². The van der Waals surface area contributed by atoms with Gasteiger partial charge in [0.1, 0.15) is 24.0 Å². The molecule has 9 nitrogen and oxygen atoms in total. The molecule has 0 spiro atoms. The number of aromatic nitrogens is 4. The molecule has 248 valence electrons. The van der Waals surface area contributed by atoms with Crippen LogP contribution in [0.4, 0.5) is 4.39 Å². The third kappa shape index (κ3) is 6.22. The van der Waals surface area contributed by atoms with Crippen LogP contribution >= 0.6 is 22.9 Å². The van der Waals surface area contributed by atoms with Crippen molar-refractivity contribution in [1.29, 1.82) is 0 Å². The van der Waals surface area contributed by atoms with Crippen molar-refractivity contribution >= 4 is 39.1 Å². The van der Waals surface area contributed by atoms with Crippen LogP contribution < -0.4 is 10.3 Å². The first-order chi connectivity index (χ1) is 23.2. The average molecular weight is 688 g/mol. The molecule has 1 aliphatic heterocycles. The summed E-state index contributed by atoms with van der Waals surface area (Å²) >= 11 is 7.74. The van der Waals surface area contributed by atoms with Gasteiger partial charge in [-0.1, -0.05) is 11.6 Å². The second-order valence-electron chi connectivity index (χ2n) is 12.6. The number of thiophene rings is 1. The van der Waals surface area contributed by atoms with Gasteiger partial charge in [-0.2, -0.15) is 0 Å². The van der Waals surface area contributed by atoms with Gasteiger partial charge >= 0.3 is 5.97 Å². The number of carboxylic acids is 1. The number of hydrogen-bond donors (Lipinski definition) is 1. The SMILES string of the molecule is Cc1cc(-c2cc(Cl)ccc2OCCn2c(C)nc3c(c2=O)C[C@@H](N2CCC(c4ncccc4F)CC2)CC3)c2scc(C(=O)O)c2n1. The third-order valence-electron chi connectivity index (χ3n) is 9.60. The maximum absolute atomic E-state index is 14.3. The minimum atomic E-state index is -1.03. The zero-order valence-corrected chi connectivity index (χ0v) is 28.3. The number of pyridine rings is 2. The van der Waals surface area contributed by atoms with Crippen LogP contribution in [-0.4, -0.2) is 61.2 Å². The van der Waals surface area contributed by atoms with Crippen LogP contribution in [-0.2, 0) is 19.4 Å². The molecule has 5 aromatic rings. The van der Waals surface area contributed by atoms with E-state index in [-0.39, 0.29) is 35.5 Å². The average Bonchev–Trinajstić information content (AvgIpc) is 3.51. The van der Waals surface area contributed by atoms with Crippen molar-refractivity contribution in [2.75, 3.05) is 19.7 Å². The summed E-state index contributed by atoms with van der Waals surface area (Å²) < 4.78 is 23.1. The van der Waals surface area contributed by atoms with Gasteiger partial charge in [0.25, 0.3) is 5.56 Å². The molecule has 0 radical (unpaired) electrons. The van der Waals surface area contributed by atoms with Gasteiger partial charge in [0.2, 0.25) is 0 Å². The first-order valence-electron chi connectivity index (χ1n) is 16.2. The molecule has 5 heterocycles. The highest BCUT2D eigenvalue weighted by atomic mass is 35.5. The van der Waals surface area contributed by atoms with Gasteiger partial charge in [-0.05, 0) is 95.4 Å². The fourth-order valence-corrected chi connectivity index (χ4v) is 8.38. The maximum Gasteiger partial charge on any atom is 0.338 e. The van der Waals surface area contributed by atoms with Gasteiger partial charge < -0.3 is 9.84 Å². The number of benzene rings is 1. The third-order valence-corrected chi connectivity index (χ3v) is 10.8. The quantitative estimate of drug-likeness (QED) is 0.189. The molecule has 0 saturated carbocycles. The lowest BCUT2D eigenvalue weighted by molar-refractivity contribution is 0.0699. The number of fused-ring (bicyclic) bond motifs is 2. The summed E-state index contributed by atoms with van der Waals surface area (Å²) in [6.45, 7) is 5.90. The van der Waals surface area contributed by atoms with E-state index in [1.807, 2.05) is 19.9 Å². The molecule has 1 saturated heterocycles. The summed E-state index contributed by atoms with van der Waals surface area (Å²) in [4.78, 5) is 41.8. The Kier molecular flexibility index (Phi) is 9.02. The Hall–Kier alpha value is -4.19. The number of rotatable bonds is 8. The zero-order valence-electron chi connectivity index (χ0n) is 26.7. The molecule has 1 aromatic carbocycles. The Morgan fingerprint density at radius 3 is 2.71 bits per heavy atom. The largest absolute Gasteiger partial charge is 0.491 e. The standard InChI is InChI=1S/C36H35ClFN5O4S/c1-20-16-26(34-33(40-20)28(19-48-34)36(45)46)25-17-23(37)5-8-31(25)47-15-14-43-21(2)41-30-7-6-24(18-27(30)35(43)44)42-12-9-22(10-13-42)32-29(38)4-3-11-39-32/h3-5,8,11,16-17,19,22,24H,6-7,9-10,12-15,18H2,1-2H3,(H,45,46)/t24-/m0/s1. The lowest BCUT2D eigenvalue weighted by Gasteiger charge is -2.39. The van der Waals surface area contributed by atoms with E-state index < -0.39 is 5.97 Å². The number of likely N-dealkylation sites (tertiary alicyclic amines) is 1. The van der Waals surface area contributed by atoms with Crippen molar-refractivity contribution in [3.05, 3.63) is 103 Å². The van der Waals surface area contributed by atoms with Crippen LogP contribution in [0.15, 0.2) is 52.8 Å². The van der Waals surface area contributed by atoms with Gasteiger partial charge in [-0.25, -0.2) is 14.2 Å². The fourth-order valence-electron chi connectivity index (χ4n) is 7.19. The number of aromatic carboxylic acids is 1. The Morgan fingerprint density at radius 2 is 1.94 bits per heavy atom. The first-order valence-corrected chi connectivity index (χ1v) is 17.4. The van der Waals surface area contributed by atoms with Crippen molar-refractivity contribution in [3.63, 3.8) is 0 Å². The number of aryl methyl sites for hydroxylation is 3. The normalized spacial score (nSPS) is 17.0. The minimum Gasteiger partial charge on any atom is -0.491 e. The van der Waals surface area contributed by atoms with E-state index in [2.05, 4.69) is 14.9 Å². The molecule has 0 amide bonds. The van der Waals surface area contributed by atoms with Crippen LogP contribution in [0.3, 0.4) is 0 Å². The summed E-state index contributed by atoms with van der Waals surface area (Å²) in [7, 11) is 0. The van der Waals surface area contributed by atoms with Gasteiger partial charge in [-0.15, -0.1) is 11.3 Å². The van der Waals surface area contributed by atoms with Crippen LogP contribution in [0.2, 0.25) is 5.02 Å². The van der Waals surface area contributed by atoms with Gasteiger partial charge in [0.15, 0.2) is 0 Å². The number of ether oxygens (including phenoxy) is 1. The minimum absolute atomic E-state index is 0.0289. The molecule has 1 atom stereocenters. The van der Waals surface area contributed by atoms with Crippen molar-refractivity contribution in [3.8, 4) is 16.9 Å². The summed E-state index contributed by atoms with van der Waals surface area (Å²) in [5.41, 5.74) is 4.96. The summed E-state index contributed by atoms with van der Waals surface area (Å²) in [5, 5.41) is 11.8. The van der Waals surface area contributed by atoms with Crippen LogP contribution in [0, 0.1) is 19.7 Å². The molecule has 48 heavy (non-hydrogen) atoms. The van der Waals surface area contributed by atoms with Crippen molar-refractivity contribution in [2.45, 2.75) is 64.5 Å². The van der Waals surface area contributed by atoms with Gasteiger partial charge in [0, 0.05) is 50.9 Å². The van der Waals surface area contributed by atoms with Crippen LogP contribution in [0.5, 0.6) is 5.75 Å². The molecule has 1 fully saturated rings. The van der Waals surface area contributed by atoms with E-state index in [1.54, 1.807) is 40.4 Å². The van der Waals surface area contributed by atoms with E-state index in [9.17, 15) is 19.1 Å². The summed E-state index contributed by atoms with van der Waals surface area (Å²) in [6, 6.07) is 10.6. The fraction of sp³-hybridized carbons (Fsp3) is 0.361. The lowest BCUT2D eigenvalue weighted by Crippen LogP contribution is -2.46. The zero-order chi connectivity index (χ0) is 33.5. The highest BCUT2D eigenvalue weighted by Gasteiger charge is 2.32. The number of hydrogen-bond acceptors (Lipinski definition) is 8. The van der Waals surface area contributed by atoms with Crippen molar-refractivity contribution < 1.29 is 19.0 Å². The van der Waals surface area contributed by atoms with Crippen molar-refractivity contribution in [2.24, 2.45) is 0 Å². The molecule has 1 N–H and O–H groups in total. The molecule has 0 bridgehead atoms. The van der Waals surface area contributed by atoms with Crippen LogP contribution in [0.25, 0.3) is 21.3 Å². The molecule has 7 rings (SSSR count). The Balaban J connectivity index is 1.07. The molecule has 0 unspecified atom stereocenters. The van der Waals surface area contributed by atoms with Gasteiger partial charge in [-0.3, -0.25) is 24.2 Å². The van der Waals surface area contributed by atoms with E-state index in [4.69, 9.17) is 21.3 Å². The van der Waals surface area contributed by atoms with E-state index in [0.717, 1.165) is 65.9 Å². The Labute approximate surface area is 286 Å². The molecular weight excluding hydrogens is 653 g/mol. The Bertz CT molecular complexity index is 2090. The predicted molar refractivity (Wildman–Crippen MR) is 184 cm³/mol. The number of carbonyl (C=O) groups is 1. The highest BCUT2D eigenvalue weighted by molar-refractivity contribution is 7.18. The number of carboxylic acid groups (broad SMARTS) is 1. The maximum atomic E-state index is 14.3. The second kappa shape index (κ2) is 13.4. The molecule has 1 aliphatic carbocycles. The number of piperidine rings is 1. The number of halogens is 2. The molecule has 2 aliphatic rings. The predicted octanol–water partition coefficient (Wildman–Crippen LogP) is 6.84. The van der Waals surface area contributed by atoms with Gasteiger partial charge in [0.05, 0.1) is 33.7 Å². The number of nitrogens with zero attached hydrogens (tertiary/aromatic N) is 5. The topological polar surface area (TPSA) is 110 Å². The van der Waals surface area contributed by atoms with Crippen LogP contribution in [0.1, 0.15) is 64.0 Å². The summed E-state index contributed by atoms with van der Waals surface area (Å²) in [6.07, 6.45) is 5.68.